The molecule has 18 heavy (non-hydrogen) atoms. The molecule has 0 amide bonds. The van der Waals surface area contributed by atoms with Crippen LogP contribution in [0.3, 0.4) is 0 Å². The lowest BCUT2D eigenvalue weighted by Gasteiger charge is -2.36. The van der Waals surface area contributed by atoms with Gasteiger partial charge < -0.3 is 15.7 Å². The van der Waals surface area contributed by atoms with Crippen molar-refractivity contribution in [3.63, 3.8) is 0 Å². The third kappa shape index (κ3) is 3.06. The fourth-order valence-electron chi connectivity index (χ4n) is 3.70. The van der Waals surface area contributed by atoms with Gasteiger partial charge in [-0.05, 0) is 62.9 Å². The summed E-state index contributed by atoms with van der Waals surface area (Å²) >= 11 is 0. The van der Waals surface area contributed by atoms with Crippen molar-refractivity contribution in [1.29, 1.82) is 0 Å². The summed E-state index contributed by atoms with van der Waals surface area (Å²) in [6.45, 7) is 9.97. The van der Waals surface area contributed by atoms with Gasteiger partial charge >= 0.3 is 0 Å². The summed E-state index contributed by atoms with van der Waals surface area (Å²) in [5, 5.41) is 9.62. The van der Waals surface area contributed by atoms with E-state index in [0.717, 1.165) is 32.5 Å². The van der Waals surface area contributed by atoms with Crippen molar-refractivity contribution in [2.24, 2.45) is 23.0 Å². The minimum absolute atomic E-state index is 0.139. The van der Waals surface area contributed by atoms with Gasteiger partial charge in [-0.2, -0.15) is 0 Å². The van der Waals surface area contributed by atoms with Crippen molar-refractivity contribution in [2.45, 2.75) is 58.6 Å². The number of aliphatic hydroxyl groups excluding tert-OH is 1. The first-order chi connectivity index (χ1) is 8.40. The highest BCUT2D eigenvalue weighted by Crippen LogP contribution is 2.40. The molecule has 3 heteroatoms. The first kappa shape index (κ1) is 14.3. The van der Waals surface area contributed by atoms with Crippen LogP contribution in [0.2, 0.25) is 0 Å². The summed E-state index contributed by atoms with van der Waals surface area (Å²) in [7, 11) is 0. The summed E-state index contributed by atoms with van der Waals surface area (Å²) in [5.74, 6) is 1.18. The molecule has 0 radical (unpaired) electrons. The molecule has 3 N–H and O–H groups in total. The Hall–Kier alpha value is -0.120. The fourth-order valence-corrected chi connectivity index (χ4v) is 3.70. The molecule has 106 valence electrons. The molecule has 0 aromatic heterocycles. The van der Waals surface area contributed by atoms with E-state index >= 15 is 0 Å². The molecule has 0 aromatic carbocycles. The lowest BCUT2D eigenvalue weighted by Crippen LogP contribution is -2.45. The second kappa shape index (κ2) is 5.48. The third-order valence-electron chi connectivity index (χ3n) is 5.38. The van der Waals surface area contributed by atoms with E-state index in [1.165, 1.54) is 12.8 Å². The molecule has 3 nitrogen and oxygen atoms in total. The Bertz CT molecular complexity index is 270. The van der Waals surface area contributed by atoms with Crippen LogP contribution in [0.25, 0.3) is 0 Å². The standard InChI is InChI=1S/C15H30N2O/c1-11(18)12-5-8-17(9-6-12)10-13-4-7-15(2,3)14(13)16/h11-14,18H,4-10,16H2,1-3H3. The van der Waals surface area contributed by atoms with E-state index in [9.17, 15) is 5.11 Å². The van der Waals surface area contributed by atoms with E-state index < -0.39 is 0 Å². The van der Waals surface area contributed by atoms with Crippen molar-refractivity contribution in [3.8, 4) is 0 Å². The molecule has 0 aromatic rings. The van der Waals surface area contributed by atoms with Crippen LogP contribution in [0.4, 0.5) is 0 Å². The lowest BCUT2D eigenvalue weighted by atomic mass is 9.85. The maximum absolute atomic E-state index is 9.62. The van der Waals surface area contributed by atoms with Crippen LogP contribution in [-0.4, -0.2) is 41.8 Å². The molecule has 0 spiro atoms. The predicted octanol–water partition coefficient (Wildman–Crippen LogP) is 1.84. The van der Waals surface area contributed by atoms with Crippen molar-refractivity contribution >= 4 is 0 Å². The van der Waals surface area contributed by atoms with Gasteiger partial charge in [0, 0.05) is 12.6 Å². The third-order valence-corrected chi connectivity index (χ3v) is 5.38. The van der Waals surface area contributed by atoms with Crippen molar-refractivity contribution in [3.05, 3.63) is 0 Å². The Labute approximate surface area is 112 Å². The molecular weight excluding hydrogens is 224 g/mol. The van der Waals surface area contributed by atoms with Crippen LogP contribution >= 0.6 is 0 Å². The first-order valence-corrected chi connectivity index (χ1v) is 7.56. The zero-order chi connectivity index (χ0) is 13.3. The summed E-state index contributed by atoms with van der Waals surface area (Å²) in [4.78, 5) is 2.56. The highest BCUT2D eigenvalue weighted by atomic mass is 16.3. The zero-order valence-electron chi connectivity index (χ0n) is 12.2. The minimum Gasteiger partial charge on any atom is -0.393 e. The number of piperidine rings is 1. The number of aliphatic hydroxyl groups is 1. The largest absolute Gasteiger partial charge is 0.393 e. The summed E-state index contributed by atoms with van der Waals surface area (Å²) in [6, 6.07) is 0.354. The molecule has 2 aliphatic rings. The van der Waals surface area contributed by atoms with Crippen molar-refractivity contribution in [2.75, 3.05) is 19.6 Å². The molecule has 2 fully saturated rings. The fraction of sp³-hybridized carbons (Fsp3) is 1.00. The van der Waals surface area contributed by atoms with Crippen LogP contribution in [-0.2, 0) is 0 Å². The molecular formula is C15H30N2O. The van der Waals surface area contributed by atoms with E-state index in [-0.39, 0.29) is 6.10 Å². The van der Waals surface area contributed by atoms with Gasteiger partial charge in [-0.15, -0.1) is 0 Å². The van der Waals surface area contributed by atoms with Gasteiger partial charge in [-0.1, -0.05) is 13.8 Å². The van der Waals surface area contributed by atoms with E-state index in [4.69, 9.17) is 5.73 Å². The van der Waals surface area contributed by atoms with E-state index in [1.807, 2.05) is 6.92 Å². The Morgan fingerprint density at radius 3 is 2.33 bits per heavy atom. The lowest BCUT2D eigenvalue weighted by molar-refractivity contribution is 0.0648. The van der Waals surface area contributed by atoms with Crippen molar-refractivity contribution < 1.29 is 5.11 Å². The minimum atomic E-state index is -0.139. The Morgan fingerprint density at radius 1 is 1.28 bits per heavy atom. The second-order valence-electron chi connectivity index (χ2n) is 7.19. The van der Waals surface area contributed by atoms with Gasteiger partial charge in [-0.25, -0.2) is 0 Å². The quantitative estimate of drug-likeness (QED) is 0.808. The average Bonchev–Trinajstić information content (AvgIpc) is 2.57. The average molecular weight is 254 g/mol. The van der Waals surface area contributed by atoms with Crippen LogP contribution < -0.4 is 5.73 Å². The summed E-state index contributed by atoms with van der Waals surface area (Å²) in [6.07, 6.45) is 4.69. The van der Waals surface area contributed by atoms with Crippen LogP contribution in [0.1, 0.15) is 46.5 Å². The molecule has 1 saturated heterocycles. The number of hydrogen-bond acceptors (Lipinski definition) is 3. The number of nitrogens with zero attached hydrogens (tertiary/aromatic N) is 1. The molecule has 1 heterocycles. The normalized spacial score (nSPS) is 35.8. The van der Waals surface area contributed by atoms with Gasteiger partial charge in [-0.3, -0.25) is 0 Å². The van der Waals surface area contributed by atoms with Crippen molar-refractivity contribution in [1.82, 2.24) is 4.90 Å². The molecule has 1 saturated carbocycles. The maximum Gasteiger partial charge on any atom is 0.0541 e. The van der Waals surface area contributed by atoms with E-state index in [0.29, 0.717) is 23.3 Å². The number of hydrogen-bond donors (Lipinski definition) is 2. The maximum atomic E-state index is 9.62. The number of nitrogens with two attached hydrogens (primary N) is 1. The van der Waals surface area contributed by atoms with Gasteiger partial charge in [0.15, 0.2) is 0 Å². The zero-order valence-corrected chi connectivity index (χ0v) is 12.2. The molecule has 1 aliphatic heterocycles. The Morgan fingerprint density at radius 2 is 1.89 bits per heavy atom. The Balaban J connectivity index is 1.79. The van der Waals surface area contributed by atoms with Crippen LogP contribution in [0.5, 0.6) is 0 Å². The number of likely N-dealkylation sites (tertiary alicyclic amines) is 1. The highest BCUT2D eigenvalue weighted by molar-refractivity contribution is 4.95. The summed E-state index contributed by atoms with van der Waals surface area (Å²) < 4.78 is 0. The van der Waals surface area contributed by atoms with E-state index in [1.54, 1.807) is 0 Å². The highest BCUT2D eigenvalue weighted by Gasteiger charge is 2.40. The molecule has 0 bridgehead atoms. The van der Waals surface area contributed by atoms with Gasteiger partial charge in [0.05, 0.1) is 6.10 Å². The molecule has 3 atom stereocenters. The van der Waals surface area contributed by atoms with Crippen LogP contribution in [0.15, 0.2) is 0 Å². The van der Waals surface area contributed by atoms with Gasteiger partial charge in [0.2, 0.25) is 0 Å². The predicted molar refractivity (Wildman–Crippen MR) is 75.3 cm³/mol. The Kier molecular flexibility index (Phi) is 4.35. The van der Waals surface area contributed by atoms with Gasteiger partial charge in [0.25, 0.3) is 0 Å². The molecule has 1 aliphatic carbocycles. The monoisotopic (exact) mass is 254 g/mol. The van der Waals surface area contributed by atoms with E-state index in [2.05, 4.69) is 18.7 Å². The topological polar surface area (TPSA) is 49.5 Å². The van der Waals surface area contributed by atoms with Crippen LogP contribution in [0, 0.1) is 17.3 Å². The molecule has 2 rings (SSSR count). The second-order valence-corrected chi connectivity index (χ2v) is 7.19. The first-order valence-electron chi connectivity index (χ1n) is 7.56. The smallest absolute Gasteiger partial charge is 0.0541 e. The molecule has 3 unspecified atom stereocenters. The SMILES string of the molecule is CC(O)C1CCN(CC2CCC(C)(C)C2N)CC1. The number of rotatable bonds is 3. The summed E-state index contributed by atoms with van der Waals surface area (Å²) in [5.41, 5.74) is 6.70. The van der Waals surface area contributed by atoms with Gasteiger partial charge in [0.1, 0.15) is 0 Å².